The number of carboxylic acid groups (broad SMARTS) is 1. The summed E-state index contributed by atoms with van der Waals surface area (Å²) in [6.07, 6.45) is 1.68. The maximum absolute atomic E-state index is 13.5. The third-order valence-electron chi connectivity index (χ3n) is 5.00. The summed E-state index contributed by atoms with van der Waals surface area (Å²) >= 11 is 7.78. The second kappa shape index (κ2) is 10.5. The molecule has 2 amide bonds. The number of carbonyl (C=O) groups excluding carboxylic acids is 2. The van der Waals surface area contributed by atoms with Crippen molar-refractivity contribution in [3.63, 3.8) is 0 Å². The molecular weight excluding hydrogens is 514 g/mol. The topological polar surface area (TPSA) is 86.7 Å². The van der Waals surface area contributed by atoms with Crippen LogP contribution >= 0.6 is 35.3 Å². The smallest absolute Gasteiger partial charge is 0.335 e. The fourth-order valence-corrected chi connectivity index (χ4v) is 5.43. The number of hydrogen-bond acceptors (Lipinski definition) is 6. The first-order valence-corrected chi connectivity index (χ1v) is 12.2. The average Bonchev–Trinajstić information content (AvgIpc) is 3.39. The number of carbonyl (C=O) groups is 3. The van der Waals surface area contributed by atoms with Crippen molar-refractivity contribution in [2.75, 3.05) is 11.9 Å². The fraction of sp³-hybridized carbons (Fsp3) is 0.0833. The molecule has 4 rings (SSSR count). The molecule has 0 saturated carbocycles. The first-order valence-electron chi connectivity index (χ1n) is 10.1. The van der Waals surface area contributed by atoms with Gasteiger partial charge in [-0.1, -0.05) is 30.0 Å². The van der Waals surface area contributed by atoms with Crippen molar-refractivity contribution in [2.45, 2.75) is 6.42 Å². The SMILES string of the molecule is O=C(CCN1C(=O)C(=Cc2cc(-c3ccc(F)c(F)c3)cs2)SC1=S)Nc1ccc(C(=O)O)cc1. The highest BCUT2D eigenvalue weighted by Crippen LogP contribution is 2.35. The molecule has 11 heteroatoms. The summed E-state index contributed by atoms with van der Waals surface area (Å²) in [5, 5.41) is 13.4. The number of carboxylic acids is 1. The maximum Gasteiger partial charge on any atom is 0.335 e. The van der Waals surface area contributed by atoms with Crippen molar-refractivity contribution in [2.24, 2.45) is 0 Å². The van der Waals surface area contributed by atoms with Crippen LogP contribution in [0.4, 0.5) is 14.5 Å². The molecule has 6 nitrogen and oxygen atoms in total. The number of nitrogens with zero attached hydrogens (tertiary/aromatic N) is 1. The number of rotatable bonds is 7. The monoisotopic (exact) mass is 530 g/mol. The van der Waals surface area contributed by atoms with Crippen LogP contribution in [0.2, 0.25) is 0 Å². The van der Waals surface area contributed by atoms with Crippen LogP contribution in [0.5, 0.6) is 0 Å². The molecule has 178 valence electrons. The molecule has 1 aliphatic heterocycles. The number of hydrogen-bond donors (Lipinski definition) is 2. The van der Waals surface area contributed by atoms with Gasteiger partial charge in [0.1, 0.15) is 4.32 Å². The van der Waals surface area contributed by atoms with E-state index in [0.717, 1.165) is 28.8 Å². The fourth-order valence-electron chi connectivity index (χ4n) is 3.21. The first kappa shape index (κ1) is 24.7. The molecule has 2 heterocycles. The van der Waals surface area contributed by atoms with Crippen molar-refractivity contribution in [3.8, 4) is 11.1 Å². The van der Waals surface area contributed by atoms with Gasteiger partial charge in [0.25, 0.3) is 5.91 Å². The summed E-state index contributed by atoms with van der Waals surface area (Å²) in [6.45, 7) is 0.0889. The number of anilines is 1. The summed E-state index contributed by atoms with van der Waals surface area (Å²) in [4.78, 5) is 38.5. The Balaban J connectivity index is 1.37. The van der Waals surface area contributed by atoms with Gasteiger partial charge in [0.15, 0.2) is 11.6 Å². The van der Waals surface area contributed by atoms with Gasteiger partial charge in [-0.2, -0.15) is 0 Å². The average molecular weight is 531 g/mol. The highest BCUT2D eigenvalue weighted by Gasteiger charge is 2.32. The van der Waals surface area contributed by atoms with E-state index < -0.39 is 17.6 Å². The Hall–Kier alpha value is -3.41. The van der Waals surface area contributed by atoms with E-state index >= 15 is 0 Å². The Bertz CT molecular complexity index is 1370. The second-order valence-corrected chi connectivity index (χ2v) is 10.00. The molecule has 1 aromatic heterocycles. The Morgan fingerprint density at radius 1 is 1.06 bits per heavy atom. The molecule has 0 radical (unpaired) electrons. The van der Waals surface area contributed by atoms with Gasteiger partial charge in [0.05, 0.1) is 10.5 Å². The predicted octanol–water partition coefficient (Wildman–Crippen LogP) is 5.62. The second-order valence-electron chi connectivity index (χ2n) is 7.38. The minimum Gasteiger partial charge on any atom is -0.478 e. The zero-order valence-corrected chi connectivity index (χ0v) is 20.2. The molecule has 0 unspecified atom stereocenters. The van der Waals surface area contributed by atoms with Crippen LogP contribution in [-0.2, 0) is 9.59 Å². The summed E-state index contributed by atoms with van der Waals surface area (Å²) in [7, 11) is 0. The van der Waals surface area contributed by atoms with Gasteiger partial charge in [0.2, 0.25) is 5.91 Å². The zero-order chi connectivity index (χ0) is 25.1. The first-order chi connectivity index (χ1) is 16.7. The number of thioether (sulfide) groups is 1. The van der Waals surface area contributed by atoms with Crippen molar-refractivity contribution in [3.05, 3.63) is 80.9 Å². The third kappa shape index (κ3) is 5.81. The molecule has 0 aliphatic carbocycles. The summed E-state index contributed by atoms with van der Waals surface area (Å²) in [5.41, 5.74) is 1.77. The van der Waals surface area contributed by atoms with Gasteiger partial charge in [-0.15, -0.1) is 11.3 Å². The molecule has 1 fully saturated rings. The molecule has 0 atom stereocenters. The lowest BCUT2D eigenvalue weighted by Gasteiger charge is -2.14. The molecule has 0 bridgehead atoms. The van der Waals surface area contributed by atoms with Crippen LogP contribution in [0.1, 0.15) is 21.7 Å². The standard InChI is InChI=1S/C24H16F2N2O4S3/c25-18-6-3-14(10-19(18)26)15-9-17(34-12-15)11-20-22(30)28(24(33)35-20)8-7-21(29)27-16-4-1-13(2-5-16)23(31)32/h1-6,9-12H,7-8H2,(H,27,29)(H,31,32). The van der Waals surface area contributed by atoms with Gasteiger partial charge in [-0.25, -0.2) is 13.6 Å². The van der Waals surface area contributed by atoms with Gasteiger partial charge in [-0.05, 0) is 65.0 Å². The maximum atomic E-state index is 13.5. The van der Waals surface area contributed by atoms with E-state index in [2.05, 4.69) is 5.32 Å². The lowest BCUT2D eigenvalue weighted by atomic mass is 10.1. The minimum absolute atomic E-state index is 0.000314. The van der Waals surface area contributed by atoms with Crippen LogP contribution in [0.25, 0.3) is 17.2 Å². The highest BCUT2D eigenvalue weighted by molar-refractivity contribution is 8.26. The van der Waals surface area contributed by atoms with Crippen LogP contribution in [0.3, 0.4) is 0 Å². The molecule has 3 aromatic rings. The van der Waals surface area contributed by atoms with E-state index in [0.29, 0.717) is 26.0 Å². The number of amides is 2. The molecule has 0 spiro atoms. The van der Waals surface area contributed by atoms with E-state index in [4.69, 9.17) is 17.3 Å². The third-order valence-corrected chi connectivity index (χ3v) is 7.26. The predicted molar refractivity (Wildman–Crippen MR) is 136 cm³/mol. The Morgan fingerprint density at radius 3 is 2.49 bits per heavy atom. The summed E-state index contributed by atoms with van der Waals surface area (Å²) < 4.78 is 27.0. The quantitative estimate of drug-likeness (QED) is 0.305. The minimum atomic E-state index is -1.06. The van der Waals surface area contributed by atoms with E-state index in [1.807, 2.05) is 0 Å². The summed E-state index contributed by atoms with van der Waals surface area (Å²) in [6, 6.07) is 11.2. The van der Waals surface area contributed by atoms with Gasteiger partial charge < -0.3 is 10.4 Å². The number of halogens is 2. The Labute approximate surface area is 212 Å². The molecule has 1 aliphatic rings. The van der Waals surface area contributed by atoms with Crippen LogP contribution in [0.15, 0.2) is 58.8 Å². The normalized spacial score (nSPS) is 14.6. The number of thiophene rings is 1. The lowest BCUT2D eigenvalue weighted by Crippen LogP contribution is -2.31. The Morgan fingerprint density at radius 2 is 1.80 bits per heavy atom. The van der Waals surface area contributed by atoms with E-state index in [1.54, 1.807) is 17.5 Å². The van der Waals surface area contributed by atoms with Crippen LogP contribution in [0, 0.1) is 11.6 Å². The number of thiocarbonyl (C=S) groups is 1. The molecule has 1 saturated heterocycles. The summed E-state index contributed by atoms with van der Waals surface area (Å²) in [5.74, 6) is -3.58. The lowest BCUT2D eigenvalue weighted by molar-refractivity contribution is -0.122. The zero-order valence-electron chi connectivity index (χ0n) is 17.8. The largest absolute Gasteiger partial charge is 0.478 e. The molecule has 2 aromatic carbocycles. The number of benzene rings is 2. The van der Waals surface area contributed by atoms with Crippen molar-refractivity contribution < 1.29 is 28.3 Å². The van der Waals surface area contributed by atoms with Crippen LogP contribution < -0.4 is 5.32 Å². The van der Waals surface area contributed by atoms with Gasteiger partial charge in [-0.3, -0.25) is 14.5 Å². The highest BCUT2D eigenvalue weighted by atomic mass is 32.2. The van der Waals surface area contributed by atoms with Crippen molar-refractivity contribution in [1.29, 1.82) is 0 Å². The number of aromatic carboxylic acids is 1. The van der Waals surface area contributed by atoms with E-state index in [1.165, 1.54) is 46.6 Å². The Kier molecular flexibility index (Phi) is 7.39. The van der Waals surface area contributed by atoms with Crippen molar-refractivity contribution >= 4 is 69.2 Å². The molecular formula is C24H16F2N2O4S3. The number of nitrogens with one attached hydrogen (secondary N) is 1. The van der Waals surface area contributed by atoms with E-state index in [-0.39, 0.29) is 30.3 Å². The molecule has 35 heavy (non-hydrogen) atoms. The van der Waals surface area contributed by atoms with Gasteiger partial charge >= 0.3 is 5.97 Å². The van der Waals surface area contributed by atoms with E-state index in [9.17, 15) is 23.2 Å². The van der Waals surface area contributed by atoms with Crippen LogP contribution in [-0.4, -0.2) is 38.7 Å². The van der Waals surface area contributed by atoms with Crippen molar-refractivity contribution in [1.82, 2.24) is 4.90 Å². The van der Waals surface area contributed by atoms with Gasteiger partial charge in [0, 0.05) is 23.5 Å². The molecule has 2 N–H and O–H groups in total.